The van der Waals surface area contributed by atoms with Crippen molar-refractivity contribution in [2.24, 2.45) is 0 Å². The van der Waals surface area contributed by atoms with E-state index in [4.69, 9.17) is 0 Å². The number of nitrogens with zero attached hydrogens (tertiary/aromatic N) is 2. The highest BCUT2D eigenvalue weighted by Gasteiger charge is 2.15. The van der Waals surface area contributed by atoms with Crippen molar-refractivity contribution in [1.29, 1.82) is 0 Å². The lowest BCUT2D eigenvalue weighted by atomic mass is 10.1. The molecule has 0 aliphatic heterocycles. The second-order valence-corrected chi connectivity index (χ2v) is 4.75. The number of carbonyl (C=O) groups excluding carboxylic acids is 1. The van der Waals surface area contributed by atoms with Crippen LogP contribution in [-0.2, 0) is 0 Å². The van der Waals surface area contributed by atoms with Gasteiger partial charge in [0.1, 0.15) is 0 Å². The SMILES string of the molecule is CC(O)CCN(C)C(=O)c1cccc2cccnc12. The molecule has 0 aliphatic rings. The quantitative estimate of drug-likeness (QED) is 0.913. The number of hydrogen-bond donors (Lipinski definition) is 1. The van der Waals surface area contributed by atoms with Gasteiger partial charge in [0.05, 0.1) is 17.2 Å². The lowest BCUT2D eigenvalue weighted by molar-refractivity contribution is 0.0770. The Labute approximate surface area is 112 Å². The van der Waals surface area contributed by atoms with Crippen molar-refractivity contribution in [2.45, 2.75) is 19.4 Å². The van der Waals surface area contributed by atoms with E-state index in [1.807, 2.05) is 24.3 Å². The number of carbonyl (C=O) groups is 1. The Balaban J connectivity index is 2.26. The van der Waals surface area contributed by atoms with E-state index in [0.29, 0.717) is 18.5 Å². The minimum Gasteiger partial charge on any atom is -0.393 e. The Morgan fingerprint density at radius 1 is 1.37 bits per heavy atom. The third kappa shape index (κ3) is 3.09. The van der Waals surface area contributed by atoms with Gasteiger partial charge in [-0.2, -0.15) is 0 Å². The normalized spacial score (nSPS) is 12.4. The monoisotopic (exact) mass is 258 g/mol. The molecule has 0 saturated carbocycles. The van der Waals surface area contributed by atoms with Gasteiger partial charge in [0.2, 0.25) is 0 Å². The highest BCUT2D eigenvalue weighted by Crippen LogP contribution is 2.17. The summed E-state index contributed by atoms with van der Waals surface area (Å²) in [7, 11) is 1.74. The van der Waals surface area contributed by atoms with E-state index in [1.165, 1.54) is 0 Å². The molecule has 1 N–H and O–H groups in total. The molecule has 0 fully saturated rings. The number of rotatable bonds is 4. The topological polar surface area (TPSA) is 53.4 Å². The predicted octanol–water partition coefficient (Wildman–Crippen LogP) is 2.08. The highest BCUT2D eigenvalue weighted by molar-refractivity contribution is 6.05. The summed E-state index contributed by atoms with van der Waals surface area (Å²) in [6.45, 7) is 2.25. The molecule has 1 atom stereocenters. The zero-order valence-corrected chi connectivity index (χ0v) is 11.2. The molecule has 0 radical (unpaired) electrons. The maximum Gasteiger partial charge on any atom is 0.255 e. The van der Waals surface area contributed by atoms with Gasteiger partial charge in [-0.25, -0.2) is 0 Å². The fourth-order valence-corrected chi connectivity index (χ4v) is 1.96. The van der Waals surface area contributed by atoms with Crippen molar-refractivity contribution in [2.75, 3.05) is 13.6 Å². The summed E-state index contributed by atoms with van der Waals surface area (Å²) in [5, 5.41) is 10.2. The smallest absolute Gasteiger partial charge is 0.255 e. The second kappa shape index (κ2) is 5.80. The molecule has 0 bridgehead atoms. The Kier molecular flexibility index (Phi) is 4.12. The van der Waals surface area contributed by atoms with Crippen molar-refractivity contribution in [3.63, 3.8) is 0 Å². The molecule has 0 spiro atoms. The minimum atomic E-state index is -0.402. The summed E-state index contributed by atoms with van der Waals surface area (Å²) in [6, 6.07) is 9.38. The summed E-state index contributed by atoms with van der Waals surface area (Å²) in [5.41, 5.74) is 1.32. The molecule has 2 rings (SSSR count). The van der Waals surface area contributed by atoms with E-state index in [9.17, 15) is 9.90 Å². The first-order valence-corrected chi connectivity index (χ1v) is 6.37. The van der Waals surface area contributed by atoms with E-state index in [2.05, 4.69) is 4.98 Å². The van der Waals surface area contributed by atoms with Gasteiger partial charge in [-0.05, 0) is 25.5 Å². The van der Waals surface area contributed by atoms with E-state index in [0.717, 1.165) is 10.9 Å². The van der Waals surface area contributed by atoms with Crippen LogP contribution in [0.25, 0.3) is 10.9 Å². The zero-order chi connectivity index (χ0) is 13.8. The molecule has 100 valence electrons. The molecular formula is C15H18N2O2. The Morgan fingerprint density at radius 2 is 2.11 bits per heavy atom. The van der Waals surface area contributed by atoms with E-state index in [-0.39, 0.29) is 5.91 Å². The Morgan fingerprint density at radius 3 is 2.84 bits per heavy atom. The first-order valence-electron chi connectivity index (χ1n) is 6.37. The van der Waals surface area contributed by atoms with Crippen molar-refractivity contribution < 1.29 is 9.90 Å². The molecule has 1 aromatic carbocycles. The summed E-state index contributed by atoms with van der Waals surface area (Å²) in [5.74, 6) is -0.0649. The molecule has 4 nitrogen and oxygen atoms in total. The van der Waals surface area contributed by atoms with Crippen LogP contribution < -0.4 is 0 Å². The molecule has 19 heavy (non-hydrogen) atoms. The van der Waals surface area contributed by atoms with Crippen LogP contribution in [0.3, 0.4) is 0 Å². The third-order valence-electron chi connectivity index (χ3n) is 3.09. The average Bonchev–Trinajstić information content (AvgIpc) is 2.43. The number of aromatic nitrogens is 1. The standard InChI is InChI=1S/C15H18N2O2/c1-11(18)8-10-17(2)15(19)13-7-3-5-12-6-4-9-16-14(12)13/h3-7,9,11,18H,8,10H2,1-2H3. The third-order valence-corrected chi connectivity index (χ3v) is 3.09. The van der Waals surface area contributed by atoms with E-state index in [1.54, 1.807) is 31.1 Å². The van der Waals surface area contributed by atoms with Crippen LogP contribution in [0, 0.1) is 0 Å². The maximum atomic E-state index is 12.4. The summed E-state index contributed by atoms with van der Waals surface area (Å²) >= 11 is 0. The van der Waals surface area contributed by atoms with Crippen molar-refractivity contribution in [3.8, 4) is 0 Å². The molecule has 1 aromatic heterocycles. The minimum absolute atomic E-state index is 0.0649. The molecule has 0 saturated heterocycles. The van der Waals surface area contributed by atoms with Gasteiger partial charge in [-0.3, -0.25) is 9.78 Å². The fourth-order valence-electron chi connectivity index (χ4n) is 1.96. The first-order chi connectivity index (χ1) is 9.09. The molecule has 0 aliphatic carbocycles. The maximum absolute atomic E-state index is 12.4. The summed E-state index contributed by atoms with van der Waals surface area (Å²) in [6.07, 6.45) is 1.86. The number of hydrogen-bond acceptors (Lipinski definition) is 3. The Hall–Kier alpha value is -1.94. The van der Waals surface area contributed by atoms with Crippen LogP contribution in [0.2, 0.25) is 0 Å². The van der Waals surface area contributed by atoms with Crippen molar-refractivity contribution >= 4 is 16.8 Å². The number of aliphatic hydroxyl groups is 1. The fraction of sp³-hybridized carbons (Fsp3) is 0.333. The highest BCUT2D eigenvalue weighted by atomic mass is 16.3. The van der Waals surface area contributed by atoms with Gasteiger partial charge in [0.25, 0.3) is 5.91 Å². The van der Waals surface area contributed by atoms with Crippen LogP contribution >= 0.6 is 0 Å². The first kappa shape index (κ1) is 13.5. The van der Waals surface area contributed by atoms with Crippen LogP contribution in [0.5, 0.6) is 0 Å². The van der Waals surface area contributed by atoms with Crippen molar-refractivity contribution in [3.05, 3.63) is 42.1 Å². The molecule has 2 aromatic rings. The molecule has 1 amide bonds. The van der Waals surface area contributed by atoms with Crippen molar-refractivity contribution in [1.82, 2.24) is 9.88 Å². The molecular weight excluding hydrogens is 240 g/mol. The predicted molar refractivity (Wildman–Crippen MR) is 75.0 cm³/mol. The van der Waals surface area contributed by atoms with Gasteiger partial charge >= 0.3 is 0 Å². The van der Waals surface area contributed by atoms with Crippen LogP contribution in [0.1, 0.15) is 23.7 Å². The van der Waals surface area contributed by atoms with Gasteiger partial charge in [-0.1, -0.05) is 18.2 Å². The summed E-state index contributed by atoms with van der Waals surface area (Å²) in [4.78, 5) is 18.3. The number of fused-ring (bicyclic) bond motifs is 1. The molecule has 1 heterocycles. The van der Waals surface area contributed by atoms with Gasteiger partial charge in [0.15, 0.2) is 0 Å². The number of benzene rings is 1. The molecule has 4 heteroatoms. The van der Waals surface area contributed by atoms with Gasteiger partial charge < -0.3 is 10.0 Å². The lowest BCUT2D eigenvalue weighted by Gasteiger charge is -2.18. The number of amides is 1. The average molecular weight is 258 g/mol. The lowest BCUT2D eigenvalue weighted by Crippen LogP contribution is -2.29. The number of aliphatic hydroxyl groups excluding tert-OH is 1. The van der Waals surface area contributed by atoms with Crippen LogP contribution in [0.15, 0.2) is 36.5 Å². The van der Waals surface area contributed by atoms with E-state index >= 15 is 0 Å². The number of pyridine rings is 1. The second-order valence-electron chi connectivity index (χ2n) is 4.75. The van der Waals surface area contributed by atoms with Crippen LogP contribution in [-0.4, -0.2) is 40.6 Å². The van der Waals surface area contributed by atoms with Gasteiger partial charge in [0, 0.05) is 25.2 Å². The zero-order valence-electron chi connectivity index (χ0n) is 11.2. The summed E-state index contributed by atoms with van der Waals surface area (Å²) < 4.78 is 0. The van der Waals surface area contributed by atoms with E-state index < -0.39 is 6.10 Å². The largest absolute Gasteiger partial charge is 0.393 e. The Bertz CT molecular complexity index is 576. The van der Waals surface area contributed by atoms with Crippen LogP contribution in [0.4, 0.5) is 0 Å². The molecule has 1 unspecified atom stereocenters. The number of para-hydroxylation sites is 1. The van der Waals surface area contributed by atoms with Gasteiger partial charge in [-0.15, -0.1) is 0 Å².